The van der Waals surface area contributed by atoms with Crippen molar-refractivity contribution in [1.29, 1.82) is 0 Å². The van der Waals surface area contributed by atoms with E-state index in [0.717, 1.165) is 33.4 Å². The van der Waals surface area contributed by atoms with Crippen LogP contribution in [0.1, 0.15) is 58.2 Å². The molecule has 0 amide bonds. The third kappa shape index (κ3) is 5.13. The van der Waals surface area contributed by atoms with E-state index in [0.29, 0.717) is 34.1 Å². The zero-order valence-corrected chi connectivity index (χ0v) is 24.2. The van der Waals surface area contributed by atoms with Crippen molar-refractivity contribution in [2.24, 2.45) is 4.99 Å². The number of aromatic nitrogens is 2. The number of nitrogens with zero attached hydrogens (tertiary/aromatic N) is 3. The van der Waals surface area contributed by atoms with Gasteiger partial charge in [0, 0.05) is 11.8 Å². The second kappa shape index (κ2) is 9.73. The number of hydrogen-bond acceptors (Lipinski definition) is 6. The molecule has 0 aliphatic rings. The van der Waals surface area contributed by atoms with Gasteiger partial charge in [-0.15, -0.1) is 0 Å². The lowest BCUT2D eigenvalue weighted by Crippen LogP contribution is -2.11. The lowest BCUT2D eigenvalue weighted by Gasteiger charge is -2.19. The number of fused-ring (bicyclic) bond motifs is 2. The van der Waals surface area contributed by atoms with Gasteiger partial charge in [-0.05, 0) is 70.5 Å². The molecule has 6 heteroatoms. The number of benzene rings is 4. The minimum absolute atomic E-state index is 0.0509. The summed E-state index contributed by atoms with van der Waals surface area (Å²) in [6, 6.07) is 25.2. The molecule has 0 unspecified atom stereocenters. The number of phenols is 1. The van der Waals surface area contributed by atoms with Crippen LogP contribution in [-0.2, 0) is 10.8 Å². The van der Waals surface area contributed by atoms with Gasteiger partial charge in [-0.1, -0.05) is 71.9 Å². The molecule has 0 fully saturated rings. The molecule has 0 radical (unpaired) electrons. The Labute approximate surface area is 239 Å². The molecule has 4 aromatic carbocycles. The van der Waals surface area contributed by atoms with Gasteiger partial charge < -0.3 is 13.9 Å². The maximum absolute atomic E-state index is 10.5. The van der Waals surface area contributed by atoms with E-state index < -0.39 is 0 Å². The zero-order chi connectivity index (χ0) is 28.9. The molecule has 0 aliphatic carbocycles. The third-order valence-electron chi connectivity index (χ3n) is 7.26. The normalized spacial score (nSPS) is 12.6. The number of phenolic OH excluding ortho intramolecular Hbond substituents is 1. The number of hydrogen-bond donors (Lipinski definition) is 1. The largest absolute Gasteiger partial charge is 0.507 e. The molecular weight excluding hydrogens is 510 g/mol. The van der Waals surface area contributed by atoms with E-state index in [9.17, 15) is 5.11 Å². The van der Waals surface area contributed by atoms with Gasteiger partial charge in [0.05, 0.1) is 16.8 Å². The first-order valence-corrected chi connectivity index (χ1v) is 13.8. The molecule has 6 aromatic rings. The van der Waals surface area contributed by atoms with E-state index in [1.165, 1.54) is 0 Å². The van der Waals surface area contributed by atoms with E-state index in [1.54, 1.807) is 12.3 Å². The van der Waals surface area contributed by atoms with Crippen LogP contribution >= 0.6 is 0 Å². The van der Waals surface area contributed by atoms with Crippen LogP contribution in [0.2, 0.25) is 0 Å². The summed E-state index contributed by atoms with van der Waals surface area (Å²) in [7, 11) is 0. The highest BCUT2D eigenvalue weighted by molar-refractivity contribution is 5.93. The number of aliphatic imine (C=N–C) groups is 1. The first kappa shape index (κ1) is 26.5. The molecule has 0 spiro atoms. The number of aromatic hydroxyl groups is 1. The van der Waals surface area contributed by atoms with Gasteiger partial charge in [0.25, 0.3) is 0 Å². The molecule has 41 heavy (non-hydrogen) atoms. The highest BCUT2D eigenvalue weighted by atomic mass is 16.4. The summed E-state index contributed by atoms with van der Waals surface area (Å²) in [5.41, 5.74) is 7.72. The molecule has 6 nitrogen and oxygen atoms in total. The summed E-state index contributed by atoms with van der Waals surface area (Å²) in [5.74, 6) is 1.13. The van der Waals surface area contributed by atoms with Crippen molar-refractivity contribution in [3.05, 3.63) is 95.6 Å². The summed E-state index contributed by atoms with van der Waals surface area (Å²) in [6.07, 6.45) is 1.69. The van der Waals surface area contributed by atoms with Crippen molar-refractivity contribution in [2.45, 2.75) is 52.4 Å². The Morgan fingerprint density at radius 1 is 0.683 bits per heavy atom. The Balaban J connectivity index is 1.48. The fraction of sp³-hybridized carbons (Fsp3) is 0.229. The van der Waals surface area contributed by atoms with Crippen LogP contribution in [0.3, 0.4) is 0 Å². The molecule has 0 atom stereocenters. The smallest absolute Gasteiger partial charge is 0.229 e. The van der Waals surface area contributed by atoms with Gasteiger partial charge in [0.2, 0.25) is 11.8 Å². The minimum atomic E-state index is -0.131. The first-order chi connectivity index (χ1) is 19.5. The average molecular weight is 544 g/mol. The Bertz CT molecular complexity index is 1900. The molecular formula is C35H33N3O3. The van der Waals surface area contributed by atoms with E-state index in [2.05, 4.69) is 47.6 Å². The second-order valence-corrected chi connectivity index (χ2v) is 12.4. The van der Waals surface area contributed by atoms with Crippen LogP contribution in [0, 0.1) is 0 Å². The van der Waals surface area contributed by atoms with Gasteiger partial charge in [-0.3, -0.25) is 4.99 Å². The number of rotatable bonds is 4. The van der Waals surface area contributed by atoms with E-state index in [-0.39, 0.29) is 16.6 Å². The van der Waals surface area contributed by atoms with Crippen molar-refractivity contribution >= 4 is 34.1 Å². The van der Waals surface area contributed by atoms with Crippen molar-refractivity contribution in [1.82, 2.24) is 9.97 Å². The van der Waals surface area contributed by atoms with Crippen LogP contribution in [0.15, 0.2) is 92.7 Å². The quantitative estimate of drug-likeness (QED) is 0.224. The monoisotopic (exact) mass is 543 g/mol. The standard InChI is InChI=1S/C35H33N3O3/c1-34(2,3)22-15-16-28(39)21(17-22)20-36-26-12-8-7-11-24(26)32-38-31-25(18-23(35(4,5)6)19-30(31)41-32)33-37-27-13-9-10-14-29(27)40-33/h7-20,39H,1-6H3. The highest BCUT2D eigenvalue weighted by Gasteiger charge is 2.23. The minimum Gasteiger partial charge on any atom is -0.507 e. The molecule has 2 heterocycles. The van der Waals surface area contributed by atoms with Crippen molar-refractivity contribution in [3.8, 4) is 28.7 Å². The molecule has 0 saturated heterocycles. The fourth-order valence-corrected chi connectivity index (χ4v) is 4.76. The Hall–Kier alpha value is -4.71. The maximum atomic E-state index is 10.5. The first-order valence-electron chi connectivity index (χ1n) is 13.8. The van der Waals surface area contributed by atoms with Gasteiger partial charge >= 0.3 is 0 Å². The van der Waals surface area contributed by atoms with Gasteiger partial charge in [-0.25, -0.2) is 9.97 Å². The van der Waals surface area contributed by atoms with Crippen LogP contribution in [0.4, 0.5) is 5.69 Å². The second-order valence-electron chi connectivity index (χ2n) is 12.4. The van der Waals surface area contributed by atoms with Crippen molar-refractivity contribution in [3.63, 3.8) is 0 Å². The SMILES string of the molecule is CC(C)(C)c1ccc(O)c(C=Nc2ccccc2-c2nc3c(-c4nc5ccccc5o4)cc(C(C)(C)C)cc3o2)c1. The van der Waals surface area contributed by atoms with E-state index in [1.807, 2.05) is 66.7 Å². The summed E-state index contributed by atoms with van der Waals surface area (Å²) >= 11 is 0. The molecule has 1 N–H and O–H groups in total. The predicted octanol–water partition coefficient (Wildman–Crippen LogP) is 9.35. The van der Waals surface area contributed by atoms with E-state index >= 15 is 0 Å². The number of para-hydroxylation sites is 3. The fourth-order valence-electron chi connectivity index (χ4n) is 4.76. The maximum Gasteiger partial charge on any atom is 0.229 e. The molecule has 0 saturated carbocycles. The molecule has 0 bridgehead atoms. The summed E-state index contributed by atoms with van der Waals surface area (Å²) in [5, 5.41) is 10.5. The summed E-state index contributed by atoms with van der Waals surface area (Å²) < 4.78 is 12.6. The van der Waals surface area contributed by atoms with Crippen LogP contribution < -0.4 is 0 Å². The summed E-state index contributed by atoms with van der Waals surface area (Å²) in [4.78, 5) is 14.5. The topological polar surface area (TPSA) is 84.7 Å². The third-order valence-corrected chi connectivity index (χ3v) is 7.26. The van der Waals surface area contributed by atoms with Crippen LogP contribution in [-0.4, -0.2) is 21.3 Å². The Kier molecular flexibility index (Phi) is 6.29. The number of oxazole rings is 2. The van der Waals surface area contributed by atoms with Gasteiger partial charge in [0.1, 0.15) is 16.8 Å². The van der Waals surface area contributed by atoms with Crippen molar-refractivity contribution in [2.75, 3.05) is 0 Å². The van der Waals surface area contributed by atoms with Gasteiger partial charge in [-0.2, -0.15) is 0 Å². The van der Waals surface area contributed by atoms with Crippen molar-refractivity contribution < 1.29 is 13.9 Å². The lowest BCUT2D eigenvalue weighted by molar-refractivity contribution is 0.473. The van der Waals surface area contributed by atoms with Crippen LogP contribution in [0.25, 0.3) is 45.1 Å². The highest BCUT2D eigenvalue weighted by Crippen LogP contribution is 2.39. The molecule has 6 rings (SSSR count). The lowest BCUT2D eigenvalue weighted by atomic mass is 9.86. The molecule has 206 valence electrons. The Morgan fingerprint density at radius 3 is 2.12 bits per heavy atom. The van der Waals surface area contributed by atoms with E-state index in [4.69, 9.17) is 23.8 Å². The van der Waals surface area contributed by atoms with Crippen LogP contribution in [0.5, 0.6) is 5.75 Å². The molecule has 2 aromatic heterocycles. The Morgan fingerprint density at radius 2 is 1.37 bits per heavy atom. The summed E-state index contributed by atoms with van der Waals surface area (Å²) in [6.45, 7) is 12.9. The zero-order valence-electron chi connectivity index (χ0n) is 24.2. The molecule has 0 aliphatic heterocycles. The van der Waals surface area contributed by atoms with Gasteiger partial charge in [0.15, 0.2) is 11.2 Å². The average Bonchev–Trinajstić information content (AvgIpc) is 3.55. The predicted molar refractivity (Wildman–Crippen MR) is 165 cm³/mol.